The number of hydrogen-bond acceptors (Lipinski definition) is 8. The Morgan fingerprint density at radius 1 is 1.33 bits per heavy atom. The van der Waals surface area contributed by atoms with E-state index in [0.29, 0.717) is 18.5 Å². The molecule has 0 aromatic carbocycles. The summed E-state index contributed by atoms with van der Waals surface area (Å²) in [5, 5.41) is 5.92. The summed E-state index contributed by atoms with van der Waals surface area (Å²) in [6, 6.07) is 0. The lowest BCUT2D eigenvalue weighted by atomic mass is 10.1. The summed E-state index contributed by atoms with van der Waals surface area (Å²) in [5.74, 6) is -0.769. The number of imide groups is 1. The normalized spacial score (nSPS) is 22.2. The van der Waals surface area contributed by atoms with Gasteiger partial charge in [-0.2, -0.15) is 19.6 Å². The SMILES string of the molecule is CS(=O)(=O)c1nc(N2CCC(F)C2)n2ncc(C=C3CC(=O)NC3=O)c2n1. The fraction of sp³-hybridized carbons (Fsp3) is 0.400. The van der Waals surface area contributed by atoms with Crippen molar-refractivity contribution in [1.82, 2.24) is 24.9 Å². The van der Waals surface area contributed by atoms with Crippen LogP contribution in [0.1, 0.15) is 18.4 Å². The van der Waals surface area contributed by atoms with E-state index in [1.54, 1.807) is 4.90 Å². The Balaban J connectivity index is 1.89. The van der Waals surface area contributed by atoms with E-state index in [0.717, 1.165) is 6.26 Å². The van der Waals surface area contributed by atoms with Crippen LogP contribution < -0.4 is 10.2 Å². The fourth-order valence-corrected chi connectivity index (χ4v) is 3.54. The van der Waals surface area contributed by atoms with E-state index in [2.05, 4.69) is 20.4 Å². The molecule has 2 aliphatic rings. The van der Waals surface area contributed by atoms with Crippen LogP contribution in [0, 0.1) is 0 Å². The first-order chi connectivity index (χ1) is 12.7. The topological polar surface area (TPSA) is 127 Å². The molecule has 0 saturated carbocycles. The van der Waals surface area contributed by atoms with Crippen molar-refractivity contribution < 1.29 is 22.4 Å². The van der Waals surface area contributed by atoms with Gasteiger partial charge in [-0.3, -0.25) is 14.9 Å². The lowest BCUT2D eigenvalue weighted by molar-refractivity contribution is -0.124. The Bertz CT molecular complexity index is 1110. The van der Waals surface area contributed by atoms with Crippen molar-refractivity contribution >= 4 is 39.3 Å². The second kappa shape index (κ2) is 6.08. The first kappa shape index (κ1) is 17.5. The van der Waals surface area contributed by atoms with Gasteiger partial charge in [0.25, 0.3) is 11.1 Å². The zero-order chi connectivity index (χ0) is 19.3. The lowest BCUT2D eigenvalue weighted by Gasteiger charge is -2.17. The van der Waals surface area contributed by atoms with Gasteiger partial charge in [0.15, 0.2) is 5.65 Å². The number of fused-ring (bicyclic) bond motifs is 1. The minimum Gasteiger partial charge on any atom is -0.338 e. The number of rotatable bonds is 3. The van der Waals surface area contributed by atoms with Crippen LogP contribution >= 0.6 is 0 Å². The van der Waals surface area contributed by atoms with Gasteiger partial charge in [0.2, 0.25) is 21.7 Å². The van der Waals surface area contributed by atoms with Crippen molar-refractivity contribution in [3.8, 4) is 0 Å². The molecule has 1 atom stereocenters. The predicted octanol–water partition coefficient (Wildman–Crippen LogP) is -0.494. The van der Waals surface area contributed by atoms with Crippen molar-refractivity contribution in [2.45, 2.75) is 24.2 Å². The Morgan fingerprint density at radius 3 is 2.70 bits per heavy atom. The number of aromatic nitrogens is 4. The van der Waals surface area contributed by atoms with Crippen LogP contribution in [-0.2, 0) is 19.4 Å². The molecule has 2 aliphatic heterocycles. The highest BCUT2D eigenvalue weighted by atomic mass is 32.2. The number of nitrogens with one attached hydrogen (secondary N) is 1. The van der Waals surface area contributed by atoms with Gasteiger partial charge < -0.3 is 4.90 Å². The minimum atomic E-state index is -3.74. The van der Waals surface area contributed by atoms with Crippen molar-refractivity contribution in [2.75, 3.05) is 24.2 Å². The third-order valence-electron chi connectivity index (χ3n) is 4.33. The monoisotopic (exact) mass is 394 g/mol. The molecule has 27 heavy (non-hydrogen) atoms. The Kier molecular flexibility index (Phi) is 3.94. The van der Waals surface area contributed by atoms with Gasteiger partial charge in [0.1, 0.15) is 6.17 Å². The van der Waals surface area contributed by atoms with Crippen molar-refractivity contribution in [2.24, 2.45) is 0 Å². The molecule has 0 spiro atoms. The van der Waals surface area contributed by atoms with E-state index in [9.17, 15) is 22.4 Å². The molecule has 4 heterocycles. The number of halogens is 1. The fourth-order valence-electron chi connectivity index (χ4n) is 3.04. The van der Waals surface area contributed by atoms with E-state index < -0.39 is 33.0 Å². The summed E-state index contributed by atoms with van der Waals surface area (Å²) in [6.07, 6.45) is 2.99. The number of sulfone groups is 1. The van der Waals surface area contributed by atoms with Crippen LogP contribution in [0.2, 0.25) is 0 Å². The van der Waals surface area contributed by atoms with Crippen LogP contribution in [0.3, 0.4) is 0 Å². The van der Waals surface area contributed by atoms with Gasteiger partial charge in [-0.05, 0) is 12.5 Å². The number of anilines is 1. The molecule has 0 bridgehead atoms. The van der Waals surface area contributed by atoms with Gasteiger partial charge >= 0.3 is 0 Å². The van der Waals surface area contributed by atoms with E-state index >= 15 is 0 Å². The summed E-state index contributed by atoms with van der Waals surface area (Å²) in [7, 11) is -3.74. The van der Waals surface area contributed by atoms with Crippen LogP contribution in [0.5, 0.6) is 0 Å². The average Bonchev–Trinajstić information content (AvgIpc) is 3.26. The number of amides is 2. The molecular formula is C15H15FN6O4S. The van der Waals surface area contributed by atoms with Gasteiger partial charge in [0, 0.05) is 23.9 Å². The maximum atomic E-state index is 13.6. The highest BCUT2D eigenvalue weighted by molar-refractivity contribution is 7.90. The van der Waals surface area contributed by atoms with E-state index in [1.165, 1.54) is 16.8 Å². The molecule has 2 saturated heterocycles. The van der Waals surface area contributed by atoms with E-state index in [-0.39, 0.29) is 30.1 Å². The highest BCUT2D eigenvalue weighted by Gasteiger charge is 2.29. The number of alkyl halides is 1. The summed E-state index contributed by atoms with van der Waals surface area (Å²) in [4.78, 5) is 32.9. The van der Waals surface area contributed by atoms with E-state index in [4.69, 9.17) is 0 Å². The molecule has 1 unspecified atom stereocenters. The van der Waals surface area contributed by atoms with Gasteiger partial charge in [-0.1, -0.05) is 0 Å². The largest absolute Gasteiger partial charge is 0.338 e. The average molecular weight is 394 g/mol. The first-order valence-electron chi connectivity index (χ1n) is 8.12. The van der Waals surface area contributed by atoms with Gasteiger partial charge in [-0.15, -0.1) is 0 Å². The number of nitrogens with zero attached hydrogens (tertiary/aromatic N) is 5. The number of hydrogen-bond donors (Lipinski definition) is 1. The van der Waals surface area contributed by atoms with Crippen LogP contribution in [0.25, 0.3) is 11.7 Å². The molecule has 10 nitrogen and oxygen atoms in total. The van der Waals surface area contributed by atoms with Crippen molar-refractivity contribution in [3.63, 3.8) is 0 Å². The molecule has 2 aromatic heterocycles. The highest BCUT2D eigenvalue weighted by Crippen LogP contribution is 2.25. The first-order valence-corrected chi connectivity index (χ1v) is 10.0. The maximum absolute atomic E-state index is 13.6. The molecule has 0 aliphatic carbocycles. The third-order valence-corrected chi connectivity index (χ3v) is 5.17. The number of carbonyl (C=O) groups excluding carboxylic acids is 2. The second-order valence-corrected chi connectivity index (χ2v) is 8.38. The molecule has 142 valence electrons. The van der Waals surface area contributed by atoms with Crippen LogP contribution in [0.4, 0.5) is 10.3 Å². The second-order valence-electron chi connectivity index (χ2n) is 6.47. The smallest absolute Gasteiger partial charge is 0.254 e. The summed E-state index contributed by atoms with van der Waals surface area (Å²) < 4.78 is 39.0. The Morgan fingerprint density at radius 2 is 2.11 bits per heavy atom. The van der Waals surface area contributed by atoms with E-state index in [1.807, 2.05) is 0 Å². The molecule has 12 heteroatoms. The maximum Gasteiger partial charge on any atom is 0.254 e. The minimum absolute atomic E-state index is 0.0719. The standard InChI is InChI=1S/C15H15FN6O4S/c1-27(25,26)14-19-12-9(4-8-5-11(23)18-13(8)24)6-17-22(12)15(20-14)21-3-2-10(16)7-21/h4,6,10H,2-3,5,7H2,1H3,(H,18,23,24). The van der Waals surface area contributed by atoms with Crippen molar-refractivity contribution in [1.29, 1.82) is 0 Å². The van der Waals surface area contributed by atoms with Gasteiger partial charge in [-0.25, -0.2) is 12.8 Å². The molecule has 4 rings (SSSR count). The van der Waals surface area contributed by atoms with Gasteiger partial charge in [0.05, 0.1) is 19.2 Å². The Labute approximate surface area is 153 Å². The predicted molar refractivity (Wildman–Crippen MR) is 91.4 cm³/mol. The van der Waals surface area contributed by atoms with Crippen molar-refractivity contribution in [3.05, 3.63) is 17.3 Å². The Hall–Kier alpha value is -2.89. The molecule has 2 amide bonds. The van der Waals surface area contributed by atoms with Crippen LogP contribution in [-0.4, -0.2) is 65.3 Å². The zero-order valence-electron chi connectivity index (χ0n) is 14.2. The summed E-state index contributed by atoms with van der Waals surface area (Å²) >= 11 is 0. The molecule has 0 radical (unpaired) electrons. The summed E-state index contributed by atoms with van der Waals surface area (Å²) in [6.45, 7) is 0.437. The molecule has 2 aromatic rings. The molecule has 1 N–H and O–H groups in total. The lowest BCUT2D eigenvalue weighted by Crippen LogP contribution is -2.25. The molecular weight excluding hydrogens is 379 g/mol. The van der Waals surface area contributed by atoms with Crippen LogP contribution in [0.15, 0.2) is 16.9 Å². The third kappa shape index (κ3) is 3.16. The summed E-state index contributed by atoms with van der Waals surface area (Å²) in [5.41, 5.74) is 0.739. The molecule has 2 fully saturated rings. The quantitative estimate of drug-likeness (QED) is 0.546. The number of carbonyl (C=O) groups is 2. The zero-order valence-corrected chi connectivity index (χ0v) is 15.0.